The molecule has 1 aliphatic heterocycles. The Morgan fingerprint density at radius 2 is 2.04 bits per heavy atom. The summed E-state index contributed by atoms with van der Waals surface area (Å²) in [6.45, 7) is 0.479. The van der Waals surface area contributed by atoms with E-state index in [1.165, 1.54) is 27.3 Å². The lowest BCUT2D eigenvalue weighted by Crippen LogP contribution is -2.37. The van der Waals surface area contributed by atoms with Gasteiger partial charge in [-0.2, -0.15) is 0 Å². The number of hydrogen-bond donors (Lipinski definition) is 1. The highest BCUT2D eigenvalue weighted by Gasteiger charge is 2.30. The zero-order chi connectivity index (χ0) is 19.1. The Morgan fingerprint density at radius 3 is 2.74 bits per heavy atom. The van der Waals surface area contributed by atoms with Gasteiger partial charge in [0.15, 0.2) is 0 Å². The number of rotatable bonds is 3. The first-order valence-electron chi connectivity index (χ1n) is 8.76. The highest BCUT2D eigenvalue weighted by atomic mass is 19.1. The molecule has 1 saturated heterocycles. The molecule has 7 nitrogen and oxygen atoms in total. The van der Waals surface area contributed by atoms with E-state index >= 15 is 0 Å². The van der Waals surface area contributed by atoms with Crippen molar-refractivity contribution in [3.8, 4) is 11.3 Å². The molecule has 1 amide bonds. The van der Waals surface area contributed by atoms with Gasteiger partial charge in [-0.05, 0) is 42.7 Å². The summed E-state index contributed by atoms with van der Waals surface area (Å²) in [5.41, 5.74) is 1.23. The first-order chi connectivity index (χ1) is 13.0. The molecule has 0 unspecified atom stereocenters. The highest BCUT2D eigenvalue weighted by molar-refractivity contribution is 5.93. The molecule has 0 bridgehead atoms. The lowest BCUT2D eigenvalue weighted by atomic mass is 10.1. The number of benzene rings is 1. The van der Waals surface area contributed by atoms with E-state index < -0.39 is 0 Å². The van der Waals surface area contributed by atoms with Gasteiger partial charge in [0.1, 0.15) is 11.5 Å². The van der Waals surface area contributed by atoms with Crippen molar-refractivity contribution in [1.82, 2.24) is 18.9 Å². The van der Waals surface area contributed by atoms with E-state index in [0.717, 1.165) is 12.8 Å². The first-order valence-corrected chi connectivity index (χ1v) is 8.76. The van der Waals surface area contributed by atoms with Crippen molar-refractivity contribution in [2.45, 2.75) is 18.9 Å². The molecule has 0 saturated carbocycles. The Bertz CT molecular complexity index is 1070. The standard InChI is InChI=1S/C19H19FN4O3/c1-22-16(12-4-6-13(20)7-5-12)10-23-9-15(21-17(23)19(22)27)18(26)24-8-2-3-14(24)11-25/h4-7,9-10,14,25H,2-3,8,11H2,1H3/t14-/m0/s1. The number of halogens is 1. The molecule has 3 aromatic rings. The molecule has 4 rings (SSSR count). The van der Waals surface area contributed by atoms with Gasteiger partial charge in [0.2, 0.25) is 5.65 Å². The molecule has 2 aromatic heterocycles. The summed E-state index contributed by atoms with van der Waals surface area (Å²) in [6.07, 6.45) is 4.81. The van der Waals surface area contributed by atoms with E-state index in [2.05, 4.69) is 4.98 Å². The van der Waals surface area contributed by atoms with Crippen molar-refractivity contribution in [2.24, 2.45) is 7.05 Å². The summed E-state index contributed by atoms with van der Waals surface area (Å²) in [5, 5.41) is 9.43. The number of fused-ring (bicyclic) bond motifs is 1. The Hall–Kier alpha value is -3.00. The molecule has 0 spiro atoms. The molecule has 8 heteroatoms. The van der Waals surface area contributed by atoms with E-state index in [-0.39, 0.29) is 41.3 Å². The predicted octanol–water partition coefficient (Wildman–Crippen LogP) is 1.44. The van der Waals surface area contributed by atoms with Crippen molar-refractivity contribution in [1.29, 1.82) is 0 Å². The summed E-state index contributed by atoms with van der Waals surface area (Å²) in [6, 6.07) is 5.63. The van der Waals surface area contributed by atoms with Crippen LogP contribution in [0.3, 0.4) is 0 Å². The zero-order valence-electron chi connectivity index (χ0n) is 14.8. The summed E-state index contributed by atoms with van der Waals surface area (Å²) in [7, 11) is 1.61. The summed E-state index contributed by atoms with van der Waals surface area (Å²) in [4.78, 5) is 31.3. The normalized spacial score (nSPS) is 17.0. The Labute approximate surface area is 154 Å². The van der Waals surface area contributed by atoms with Crippen molar-refractivity contribution in [3.63, 3.8) is 0 Å². The van der Waals surface area contributed by atoms with Crippen LogP contribution in [0, 0.1) is 5.82 Å². The van der Waals surface area contributed by atoms with Gasteiger partial charge >= 0.3 is 0 Å². The van der Waals surface area contributed by atoms with Crippen LogP contribution in [0.25, 0.3) is 16.9 Å². The fourth-order valence-corrected chi connectivity index (χ4v) is 3.56. The second-order valence-electron chi connectivity index (χ2n) is 6.72. The Morgan fingerprint density at radius 1 is 1.30 bits per heavy atom. The van der Waals surface area contributed by atoms with Gasteiger partial charge in [-0.25, -0.2) is 9.37 Å². The summed E-state index contributed by atoms with van der Waals surface area (Å²) in [5.74, 6) is -0.648. The van der Waals surface area contributed by atoms with E-state index in [4.69, 9.17) is 0 Å². The molecule has 1 aromatic carbocycles. The number of aliphatic hydroxyl groups excluding tert-OH is 1. The van der Waals surface area contributed by atoms with Crippen LogP contribution in [-0.4, -0.2) is 49.1 Å². The van der Waals surface area contributed by atoms with Crippen molar-refractivity contribution >= 4 is 11.6 Å². The van der Waals surface area contributed by atoms with Crippen LogP contribution in [0.15, 0.2) is 41.5 Å². The van der Waals surface area contributed by atoms with Gasteiger partial charge in [-0.15, -0.1) is 0 Å². The number of imidazole rings is 1. The van der Waals surface area contributed by atoms with E-state index in [1.807, 2.05) is 0 Å². The van der Waals surface area contributed by atoms with Crippen molar-refractivity contribution in [2.75, 3.05) is 13.2 Å². The lowest BCUT2D eigenvalue weighted by Gasteiger charge is -2.21. The molecule has 1 aliphatic rings. The fraction of sp³-hybridized carbons (Fsp3) is 0.316. The third kappa shape index (κ3) is 2.91. The molecule has 1 fully saturated rings. The number of aliphatic hydroxyl groups is 1. The molecule has 1 N–H and O–H groups in total. The molecule has 27 heavy (non-hydrogen) atoms. The number of carbonyl (C=O) groups excluding carboxylic acids is 1. The smallest absolute Gasteiger partial charge is 0.294 e. The van der Waals surface area contributed by atoms with Gasteiger partial charge < -0.3 is 14.6 Å². The van der Waals surface area contributed by atoms with E-state index in [9.17, 15) is 19.1 Å². The third-order valence-corrected chi connectivity index (χ3v) is 5.06. The second kappa shape index (κ2) is 6.62. The van der Waals surface area contributed by atoms with Gasteiger partial charge in [0.25, 0.3) is 11.5 Å². The summed E-state index contributed by atoms with van der Waals surface area (Å²) < 4.78 is 16.1. The maximum atomic E-state index is 13.2. The van der Waals surface area contributed by atoms with E-state index in [0.29, 0.717) is 17.8 Å². The van der Waals surface area contributed by atoms with Gasteiger partial charge in [0, 0.05) is 26.0 Å². The van der Waals surface area contributed by atoms with Crippen LogP contribution in [0.1, 0.15) is 23.3 Å². The van der Waals surface area contributed by atoms with Gasteiger partial charge in [0.05, 0.1) is 18.3 Å². The van der Waals surface area contributed by atoms with Crippen molar-refractivity contribution < 1.29 is 14.3 Å². The molecular formula is C19H19FN4O3. The number of nitrogens with zero attached hydrogens (tertiary/aromatic N) is 4. The lowest BCUT2D eigenvalue weighted by molar-refractivity contribution is 0.0672. The number of amides is 1. The molecule has 3 heterocycles. The van der Waals surface area contributed by atoms with Crippen LogP contribution < -0.4 is 5.56 Å². The Balaban J connectivity index is 1.78. The predicted molar refractivity (Wildman–Crippen MR) is 97.0 cm³/mol. The molecule has 1 atom stereocenters. The second-order valence-corrected chi connectivity index (χ2v) is 6.72. The zero-order valence-corrected chi connectivity index (χ0v) is 14.8. The molecule has 140 valence electrons. The maximum absolute atomic E-state index is 13.2. The minimum Gasteiger partial charge on any atom is -0.394 e. The minimum absolute atomic E-state index is 0.0877. The molecular weight excluding hydrogens is 351 g/mol. The van der Waals surface area contributed by atoms with Crippen LogP contribution in [-0.2, 0) is 7.05 Å². The summed E-state index contributed by atoms with van der Waals surface area (Å²) >= 11 is 0. The van der Waals surface area contributed by atoms with Crippen LogP contribution in [0.2, 0.25) is 0 Å². The van der Waals surface area contributed by atoms with Crippen LogP contribution >= 0.6 is 0 Å². The highest BCUT2D eigenvalue weighted by Crippen LogP contribution is 2.21. The Kier molecular flexibility index (Phi) is 4.27. The first kappa shape index (κ1) is 17.4. The average Bonchev–Trinajstić information content (AvgIpc) is 3.31. The number of carbonyl (C=O) groups is 1. The van der Waals surface area contributed by atoms with Crippen LogP contribution in [0.4, 0.5) is 4.39 Å². The largest absolute Gasteiger partial charge is 0.394 e. The van der Waals surface area contributed by atoms with Gasteiger partial charge in [-0.3, -0.25) is 14.0 Å². The third-order valence-electron chi connectivity index (χ3n) is 5.06. The number of likely N-dealkylation sites (tertiary alicyclic amines) is 1. The minimum atomic E-state index is -0.357. The molecule has 0 aliphatic carbocycles. The fourth-order valence-electron chi connectivity index (χ4n) is 3.56. The SMILES string of the molecule is Cn1c(-c2ccc(F)cc2)cn2cc(C(=O)N3CCC[C@H]3CO)nc2c1=O. The van der Waals surface area contributed by atoms with Crippen molar-refractivity contribution in [3.05, 3.63) is 58.5 Å². The average molecular weight is 370 g/mol. The maximum Gasteiger partial charge on any atom is 0.294 e. The monoisotopic (exact) mass is 370 g/mol. The van der Waals surface area contributed by atoms with E-state index in [1.54, 1.807) is 30.3 Å². The number of aromatic nitrogens is 3. The topological polar surface area (TPSA) is 79.8 Å². The quantitative estimate of drug-likeness (QED) is 0.757. The van der Waals surface area contributed by atoms with Crippen LogP contribution in [0.5, 0.6) is 0 Å². The van der Waals surface area contributed by atoms with Gasteiger partial charge in [-0.1, -0.05) is 0 Å². The number of hydrogen-bond acceptors (Lipinski definition) is 4. The molecule has 0 radical (unpaired) electrons.